The minimum absolute atomic E-state index is 0.159. The van der Waals surface area contributed by atoms with Crippen LogP contribution in [0, 0.1) is 5.92 Å². The third-order valence-corrected chi connectivity index (χ3v) is 5.32. The zero-order chi connectivity index (χ0) is 18.2. The molecule has 0 saturated heterocycles. The summed E-state index contributed by atoms with van der Waals surface area (Å²) in [5.74, 6) is 2.24. The first kappa shape index (κ1) is 19.0. The largest absolute Gasteiger partial charge is 0.459 e. The van der Waals surface area contributed by atoms with Gasteiger partial charge in [0, 0.05) is 36.1 Å². The fourth-order valence-corrected chi connectivity index (χ4v) is 4.00. The molecule has 2 aliphatic rings. The highest BCUT2D eigenvalue weighted by molar-refractivity contribution is 7.99. The van der Waals surface area contributed by atoms with Crippen LogP contribution in [0.25, 0.3) is 0 Å². The Morgan fingerprint density at radius 3 is 2.88 bits per heavy atom. The minimum atomic E-state index is -0.438. The van der Waals surface area contributed by atoms with Gasteiger partial charge in [-0.25, -0.2) is 0 Å². The number of nitrogens with one attached hydrogen (secondary N) is 1. The monoisotopic (exact) mass is 375 g/mol. The standard InChI is InChI=1S/C20H25NO4S/c22-9-4-5-10-24-19-13-16(15-8-11-26-14-15)12-18(25-19)20(23)21-17-6-2-1-3-7-17/h1-3,6-8,12,16,19,22H,4-5,9-11,13-14H2,(H,21,23)/t16-,19+/m1/s1. The molecule has 0 spiro atoms. The molecule has 0 saturated carbocycles. The van der Waals surface area contributed by atoms with Gasteiger partial charge in [-0.15, -0.1) is 0 Å². The summed E-state index contributed by atoms with van der Waals surface area (Å²) in [6.07, 6.45) is 5.92. The van der Waals surface area contributed by atoms with Crippen LogP contribution in [-0.4, -0.2) is 42.0 Å². The van der Waals surface area contributed by atoms with E-state index < -0.39 is 6.29 Å². The Morgan fingerprint density at radius 1 is 1.31 bits per heavy atom. The van der Waals surface area contributed by atoms with Crippen LogP contribution in [0.2, 0.25) is 0 Å². The van der Waals surface area contributed by atoms with Crippen molar-refractivity contribution in [2.45, 2.75) is 25.6 Å². The van der Waals surface area contributed by atoms with Crippen molar-refractivity contribution >= 4 is 23.4 Å². The van der Waals surface area contributed by atoms with Crippen LogP contribution in [0.5, 0.6) is 0 Å². The van der Waals surface area contributed by atoms with E-state index in [4.69, 9.17) is 14.6 Å². The lowest BCUT2D eigenvalue weighted by molar-refractivity contribution is -0.145. The molecular formula is C20H25NO4S. The van der Waals surface area contributed by atoms with Crippen molar-refractivity contribution in [3.63, 3.8) is 0 Å². The van der Waals surface area contributed by atoms with E-state index >= 15 is 0 Å². The molecule has 2 N–H and O–H groups in total. The van der Waals surface area contributed by atoms with Gasteiger partial charge in [0.2, 0.25) is 6.29 Å². The molecule has 1 aromatic rings. The molecular weight excluding hydrogens is 350 g/mol. The maximum Gasteiger partial charge on any atom is 0.290 e. The average molecular weight is 375 g/mol. The van der Waals surface area contributed by atoms with Crippen molar-refractivity contribution in [3.8, 4) is 0 Å². The van der Waals surface area contributed by atoms with Gasteiger partial charge in [-0.1, -0.05) is 29.8 Å². The van der Waals surface area contributed by atoms with Crippen molar-refractivity contribution in [2.24, 2.45) is 5.92 Å². The molecule has 3 rings (SSSR count). The van der Waals surface area contributed by atoms with Crippen molar-refractivity contribution in [1.82, 2.24) is 0 Å². The number of hydrogen-bond acceptors (Lipinski definition) is 5. The molecule has 5 nitrogen and oxygen atoms in total. The molecule has 140 valence electrons. The average Bonchev–Trinajstić information content (AvgIpc) is 3.21. The van der Waals surface area contributed by atoms with Crippen LogP contribution >= 0.6 is 11.8 Å². The zero-order valence-corrected chi connectivity index (χ0v) is 15.5. The molecule has 0 fully saturated rings. The maximum atomic E-state index is 12.6. The van der Waals surface area contributed by atoms with Crippen LogP contribution in [0.1, 0.15) is 19.3 Å². The molecule has 1 amide bonds. The van der Waals surface area contributed by atoms with Gasteiger partial charge in [-0.3, -0.25) is 4.79 Å². The lowest BCUT2D eigenvalue weighted by Gasteiger charge is -2.29. The van der Waals surface area contributed by atoms with E-state index in [1.807, 2.05) is 48.2 Å². The summed E-state index contributed by atoms with van der Waals surface area (Å²) in [6, 6.07) is 9.35. The summed E-state index contributed by atoms with van der Waals surface area (Å²) in [6.45, 7) is 0.672. The van der Waals surface area contributed by atoms with Gasteiger partial charge < -0.3 is 19.9 Å². The lowest BCUT2D eigenvalue weighted by atomic mass is 9.93. The van der Waals surface area contributed by atoms with Crippen molar-refractivity contribution in [1.29, 1.82) is 0 Å². The number of allylic oxidation sites excluding steroid dienone is 1. The smallest absolute Gasteiger partial charge is 0.290 e. The van der Waals surface area contributed by atoms with E-state index in [1.54, 1.807) is 0 Å². The second kappa shape index (κ2) is 9.80. The first-order valence-electron chi connectivity index (χ1n) is 9.00. The number of amides is 1. The predicted molar refractivity (Wildman–Crippen MR) is 104 cm³/mol. The number of ether oxygens (including phenoxy) is 2. The predicted octanol–water partition coefficient (Wildman–Crippen LogP) is 3.33. The summed E-state index contributed by atoms with van der Waals surface area (Å²) in [5, 5.41) is 11.8. The van der Waals surface area contributed by atoms with E-state index in [-0.39, 0.29) is 18.4 Å². The van der Waals surface area contributed by atoms with Gasteiger partial charge in [0.15, 0.2) is 5.76 Å². The third kappa shape index (κ3) is 5.37. The molecule has 6 heteroatoms. The van der Waals surface area contributed by atoms with Crippen LogP contribution < -0.4 is 5.32 Å². The molecule has 0 bridgehead atoms. The Morgan fingerprint density at radius 2 is 2.15 bits per heavy atom. The fourth-order valence-electron chi connectivity index (χ4n) is 2.98. The number of rotatable bonds is 8. The van der Waals surface area contributed by atoms with Gasteiger partial charge in [0.1, 0.15) is 0 Å². The van der Waals surface area contributed by atoms with E-state index in [9.17, 15) is 4.79 Å². The summed E-state index contributed by atoms with van der Waals surface area (Å²) in [5.41, 5.74) is 2.08. The SMILES string of the molecule is O=C(Nc1ccccc1)C1=C[C@@H](C2=CCSC2)C[C@@H](OCCCCO)O1. The maximum absolute atomic E-state index is 12.6. The first-order chi connectivity index (χ1) is 12.8. The summed E-state index contributed by atoms with van der Waals surface area (Å²) in [7, 11) is 0. The topological polar surface area (TPSA) is 67.8 Å². The van der Waals surface area contributed by atoms with Gasteiger partial charge in [-0.2, -0.15) is 11.8 Å². The summed E-state index contributed by atoms with van der Waals surface area (Å²) >= 11 is 1.88. The van der Waals surface area contributed by atoms with E-state index in [0.717, 1.165) is 23.6 Å². The summed E-state index contributed by atoms with van der Waals surface area (Å²) in [4.78, 5) is 12.6. The summed E-state index contributed by atoms with van der Waals surface area (Å²) < 4.78 is 11.6. The molecule has 0 aromatic heterocycles. The van der Waals surface area contributed by atoms with E-state index in [0.29, 0.717) is 25.2 Å². The molecule has 2 atom stereocenters. The van der Waals surface area contributed by atoms with Crippen LogP contribution in [0.3, 0.4) is 0 Å². The Hall–Kier alpha value is -1.76. The van der Waals surface area contributed by atoms with Crippen molar-refractivity contribution in [2.75, 3.05) is 30.0 Å². The second-order valence-corrected chi connectivity index (χ2v) is 7.37. The number of carbonyl (C=O) groups is 1. The molecule has 0 radical (unpaired) electrons. The second-order valence-electron chi connectivity index (χ2n) is 6.34. The zero-order valence-electron chi connectivity index (χ0n) is 14.7. The number of unbranched alkanes of at least 4 members (excludes halogenated alkanes) is 1. The van der Waals surface area contributed by atoms with E-state index in [2.05, 4.69) is 11.4 Å². The van der Waals surface area contributed by atoms with E-state index in [1.165, 1.54) is 5.57 Å². The first-order valence-corrected chi connectivity index (χ1v) is 10.2. The number of carbonyl (C=O) groups excluding carboxylic acids is 1. The highest BCUT2D eigenvalue weighted by atomic mass is 32.2. The van der Waals surface area contributed by atoms with Gasteiger partial charge >= 0.3 is 0 Å². The number of anilines is 1. The van der Waals surface area contributed by atoms with Crippen LogP contribution in [0.15, 0.2) is 53.8 Å². The number of benzene rings is 1. The number of aliphatic hydroxyl groups excluding tert-OH is 1. The third-order valence-electron chi connectivity index (χ3n) is 4.38. The Balaban J connectivity index is 1.67. The Labute approximate surface area is 158 Å². The Bertz CT molecular complexity index is 659. The highest BCUT2D eigenvalue weighted by Gasteiger charge is 2.30. The van der Waals surface area contributed by atoms with Crippen molar-refractivity contribution < 1.29 is 19.4 Å². The number of para-hydroxylation sites is 1. The quantitative estimate of drug-likeness (QED) is 0.539. The van der Waals surface area contributed by atoms with Gasteiger partial charge in [-0.05, 0) is 31.1 Å². The minimum Gasteiger partial charge on any atom is -0.459 e. The number of aliphatic hydroxyl groups is 1. The van der Waals surface area contributed by atoms with Crippen molar-refractivity contribution in [3.05, 3.63) is 53.8 Å². The highest BCUT2D eigenvalue weighted by Crippen LogP contribution is 2.33. The number of thioether (sulfide) groups is 1. The molecule has 0 aliphatic carbocycles. The van der Waals surface area contributed by atoms with Crippen LogP contribution in [-0.2, 0) is 14.3 Å². The fraction of sp³-hybridized carbons (Fsp3) is 0.450. The lowest BCUT2D eigenvalue weighted by Crippen LogP contribution is -2.31. The van der Waals surface area contributed by atoms with Crippen LogP contribution in [0.4, 0.5) is 5.69 Å². The molecule has 0 unspecified atom stereocenters. The molecule has 2 aliphatic heterocycles. The van der Waals surface area contributed by atoms with Gasteiger partial charge in [0.25, 0.3) is 5.91 Å². The molecule has 1 aromatic carbocycles. The van der Waals surface area contributed by atoms with Gasteiger partial charge in [0.05, 0.1) is 6.61 Å². The Kier molecular flexibility index (Phi) is 7.17. The number of hydrogen-bond donors (Lipinski definition) is 2. The molecule has 2 heterocycles. The normalized spacial score (nSPS) is 22.3. The molecule has 26 heavy (non-hydrogen) atoms.